The summed E-state index contributed by atoms with van der Waals surface area (Å²) in [4.78, 5) is 4.60. The zero-order valence-corrected chi connectivity index (χ0v) is 16.5. The molecule has 1 aliphatic heterocycles. The average molecular weight is 374 g/mol. The maximum Gasteiger partial charge on any atom is 0.132 e. The van der Waals surface area contributed by atoms with Crippen molar-refractivity contribution in [2.24, 2.45) is 4.99 Å². The highest BCUT2D eigenvalue weighted by molar-refractivity contribution is 6.06. The fraction of sp³-hybridized carbons (Fsp3) is 0.292. The molecule has 144 valence electrons. The molecule has 0 unspecified atom stereocenters. The van der Waals surface area contributed by atoms with E-state index in [0.29, 0.717) is 19.8 Å². The molecule has 0 saturated carbocycles. The monoisotopic (exact) mass is 374 g/mol. The summed E-state index contributed by atoms with van der Waals surface area (Å²) >= 11 is 0. The van der Waals surface area contributed by atoms with Crippen molar-refractivity contribution < 1.29 is 9.47 Å². The fourth-order valence-electron chi connectivity index (χ4n) is 3.44. The minimum absolute atomic E-state index is 0.529. The molecule has 1 aliphatic rings. The third-order valence-electron chi connectivity index (χ3n) is 4.94. The fourth-order valence-corrected chi connectivity index (χ4v) is 3.44. The Bertz CT molecular complexity index is 993. The van der Waals surface area contributed by atoms with E-state index in [1.807, 2.05) is 6.92 Å². The molecule has 28 heavy (non-hydrogen) atoms. The van der Waals surface area contributed by atoms with Crippen LogP contribution in [0.1, 0.15) is 18.1 Å². The van der Waals surface area contributed by atoms with Gasteiger partial charge in [-0.3, -0.25) is 4.99 Å². The van der Waals surface area contributed by atoms with E-state index >= 15 is 0 Å². The van der Waals surface area contributed by atoms with Gasteiger partial charge in [-0.2, -0.15) is 0 Å². The van der Waals surface area contributed by atoms with Crippen LogP contribution in [-0.4, -0.2) is 38.7 Å². The van der Waals surface area contributed by atoms with Gasteiger partial charge in [0, 0.05) is 13.2 Å². The number of aryl methyl sites for hydroxylation is 1. The van der Waals surface area contributed by atoms with Gasteiger partial charge >= 0.3 is 0 Å². The topological polar surface area (TPSA) is 42.9 Å². The Balaban J connectivity index is 1.71. The Hall–Kier alpha value is -2.85. The van der Waals surface area contributed by atoms with Crippen LogP contribution >= 0.6 is 0 Å². The van der Waals surface area contributed by atoms with Gasteiger partial charge in [0.25, 0.3) is 0 Å². The van der Waals surface area contributed by atoms with Crippen molar-refractivity contribution in [1.82, 2.24) is 5.32 Å². The Labute approximate surface area is 166 Å². The van der Waals surface area contributed by atoms with Crippen LogP contribution in [0.15, 0.2) is 59.6 Å². The molecule has 0 aliphatic carbocycles. The average Bonchev–Trinajstić information content (AvgIpc) is 3.25. The first-order chi connectivity index (χ1) is 13.7. The predicted molar refractivity (Wildman–Crippen MR) is 116 cm³/mol. The normalized spacial score (nSPS) is 13.4. The van der Waals surface area contributed by atoms with Gasteiger partial charge in [0.1, 0.15) is 18.2 Å². The summed E-state index contributed by atoms with van der Waals surface area (Å²) in [5.74, 6) is 1.76. The van der Waals surface area contributed by atoms with E-state index in [1.165, 1.54) is 22.1 Å². The molecule has 4 heteroatoms. The Kier molecular flexibility index (Phi) is 5.58. The molecule has 4 nitrogen and oxygen atoms in total. The summed E-state index contributed by atoms with van der Waals surface area (Å²) < 4.78 is 11.5. The zero-order valence-electron chi connectivity index (χ0n) is 16.5. The van der Waals surface area contributed by atoms with E-state index in [9.17, 15) is 0 Å². The summed E-state index contributed by atoms with van der Waals surface area (Å²) in [6.07, 6.45) is 0. The molecule has 3 aromatic carbocycles. The highest BCUT2D eigenvalue weighted by Gasteiger charge is 2.15. The van der Waals surface area contributed by atoms with Crippen LogP contribution in [0.2, 0.25) is 0 Å². The van der Waals surface area contributed by atoms with Gasteiger partial charge < -0.3 is 14.8 Å². The standard InChI is InChI=1S/C24H26N2O2/c1-3-27-12-13-28-23-16-20-9-8-19(18-6-4-17(2)5-7-18)14-21(20)15-22(23)24-25-10-11-26-24/h4-9,14-16H,3,10-13H2,1-2H3,(H,25,26). The maximum atomic E-state index is 6.04. The molecule has 0 bridgehead atoms. The molecular weight excluding hydrogens is 348 g/mol. The quantitative estimate of drug-likeness (QED) is 0.616. The van der Waals surface area contributed by atoms with Crippen LogP contribution in [0.5, 0.6) is 5.75 Å². The van der Waals surface area contributed by atoms with Crippen molar-refractivity contribution in [2.75, 3.05) is 32.9 Å². The minimum atomic E-state index is 0.529. The number of ether oxygens (including phenoxy) is 2. The van der Waals surface area contributed by atoms with Crippen molar-refractivity contribution in [1.29, 1.82) is 0 Å². The lowest BCUT2D eigenvalue weighted by molar-refractivity contribution is 0.110. The van der Waals surface area contributed by atoms with Crippen LogP contribution < -0.4 is 10.1 Å². The van der Waals surface area contributed by atoms with Crippen LogP contribution in [-0.2, 0) is 4.74 Å². The first-order valence-corrected chi connectivity index (χ1v) is 9.88. The second-order valence-electron chi connectivity index (χ2n) is 6.98. The van der Waals surface area contributed by atoms with Gasteiger partial charge in [0.15, 0.2) is 0 Å². The number of hydrogen-bond acceptors (Lipinski definition) is 4. The second kappa shape index (κ2) is 8.44. The third kappa shape index (κ3) is 4.02. The zero-order chi connectivity index (χ0) is 19.3. The summed E-state index contributed by atoms with van der Waals surface area (Å²) in [6, 6.07) is 19.5. The highest BCUT2D eigenvalue weighted by atomic mass is 16.5. The smallest absolute Gasteiger partial charge is 0.132 e. The number of aliphatic imine (C=N–C) groups is 1. The lowest BCUT2D eigenvalue weighted by Crippen LogP contribution is -2.20. The van der Waals surface area contributed by atoms with Gasteiger partial charge in [-0.25, -0.2) is 0 Å². The van der Waals surface area contributed by atoms with E-state index in [1.54, 1.807) is 0 Å². The number of nitrogens with one attached hydrogen (secondary N) is 1. The molecule has 0 aromatic heterocycles. The van der Waals surface area contributed by atoms with Crippen molar-refractivity contribution in [3.05, 3.63) is 65.7 Å². The summed E-state index contributed by atoms with van der Waals surface area (Å²) in [7, 11) is 0. The second-order valence-corrected chi connectivity index (χ2v) is 6.98. The largest absolute Gasteiger partial charge is 0.490 e. The van der Waals surface area contributed by atoms with Crippen molar-refractivity contribution >= 4 is 16.6 Å². The minimum Gasteiger partial charge on any atom is -0.490 e. The first-order valence-electron chi connectivity index (χ1n) is 9.88. The summed E-state index contributed by atoms with van der Waals surface area (Å²) in [5.41, 5.74) is 4.72. The molecule has 0 amide bonds. The molecule has 1 heterocycles. The van der Waals surface area contributed by atoms with Crippen molar-refractivity contribution in [2.45, 2.75) is 13.8 Å². The highest BCUT2D eigenvalue weighted by Crippen LogP contribution is 2.31. The lowest BCUT2D eigenvalue weighted by Gasteiger charge is -2.14. The molecule has 0 fully saturated rings. The van der Waals surface area contributed by atoms with Gasteiger partial charge in [0.05, 0.1) is 18.7 Å². The maximum absolute atomic E-state index is 6.04. The SMILES string of the molecule is CCOCCOc1cc2ccc(-c3ccc(C)cc3)cc2cc1C1=NCCN1. The van der Waals surface area contributed by atoms with Crippen molar-refractivity contribution in [3.63, 3.8) is 0 Å². The van der Waals surface area contributed by atoms with E-state index in [-0.39, 0.29) is 0 Å². The van der Waals surface area contributed by atoms with E-state index < -0.39 is 0 Å². The van der Waals surface area contributed by atoms with Crippen LogP contribution in [0.3, 0.4) is 0 Å². The summed E-state index contributed by atoms with van der Waals surface area (Å²) in [6.45, 7) is 7.58. The first kappa shape index (κ1) is 18.5. The Morgan fingerprint density at radius 3 is 2.50 bits per heavy atom. The van der Waals surface area contributed by atoms with Gasteiger partial charge in [0.2, 0.25) is 0 Å². The van der Waals surface area contributed by atoms with E-state index in [0.717, 1.165) is 35.6 Å². The van der Waals surface area contributed by atoms with E-state index in [2.05, 4.69) is 71.8 Å². The number of hydrogen-bond donors (Lipinski definition) is 1. The molecule has 3 aromatic rings. The van der Waals surface area contributed by atoms with Crippen LogP contribution in [0.25, 0.3) is 21.9 Å². The van der Waals surface area contributed by atoms with Crippen molar-refractivity contribution in [3.8, 4) is 16.9 Å². The Morgan fingerprint density at radius 2 is 1.75 bits per heavy atom. The lowest BCUT2D eigenvalue weighted by atomic mass is 9.98. The van der Waals surface area contributed by atoms with Gasteiger partial charge in [-0.05, 0) is 53.9 Å². The molecule has 0 atom stereocenters. The molecule has 0 radical (unpaired) electrons. The van der Waals surface area contributed by atoms with E-state index in [4.69, 9.17) is 9.47 Å². The molecule has 1 N–H and O–H groups in total. The molecule has 0 saturated heterocycles. The van der Waals surface area contributed by atoms with Gasteiger partial charge in [-0.1, -0.05) is 42.0 Å². The number of fused-ring (bicyclic) bond motifs is 1. The van der Waals surface area contributed by atoms with Crippen LogP contribution in [0, 0.1) is 6.92 Å². The Morgan fingerprint density at radius 1 is 0.929 bits per heavy atom. The number of rotatable bonds is 7. The number of amidine groups is 1. The summed E-state index contributed by atoms with van der Waals surface area (Å²) in [5, 5.41) is 5.71. The predicted octanol–water partition coefficient (Wildman–Crippen LogP) is 4.58. The molecular formula is C24H26N2O2. The molecule has 0 spiro atoms. The number of nitrogens with zero attached hydrogens (tertiary/aromatic N) is 1. The third-order valence-corrected chi connectivity index (χ3v) is 4.94. The van der Waals surface area contributed by atoms with Gasteiger partial charge in [-0.15, -0.1) is 0 Å². The molecule has 4 rings (SSSR count). The van der Waals surface area contributed by atoms with Crippen LogP contribution in [0.4, 0.5) is 0 Å². The number of benzene rings is 3.